The van der Waals surface area contributed by atoms with Gasteiger partial charge in [-0.05, 0) is 25.5 Å². The van der Waals surface area contributed by atoms with Crippen molar-refractivity contribution >= 4 is 11.0 Å². The molecule has 16 heavy (non-hydrogen) atoms. The summed E-state index contributed by atoms with van der Waals surface area (Å²) in [6, 6.07) is 3.37. The van der Waals surface area contributed by atoms with Crippen LogP contribution in [0.15, 0.2) is 21.3 Å². The molecule has 84 valence electrons. The second kappa shape index (κ2) is 3.56. The van der Waals surface area contributed by atoms with Gasteiger partial charge in [0.25, 0.3) is 0 Å². The van der Waals surface area contributed by atoms with Gasteiger partial charge < -0.3 is 14.3 Å². The molecule has 0 unspecified atom stereocenters. The van der Waals surface area contributed by atoms with Crippen molar-refractivity contribution in [3.63, 3.8) is 0 Å². The van der Waals surface area contributed by atoms with Gasteiger partial charge in [0.1, 0.15) is 17.1 Å². The Morgan fingerprint density at radius 3 is 2.62 bits per heavy atom. The van der Waals surface area contributed by atoms with Crippen LogP contribution in [0.1, 0.15) is 11.1 Å². The third-order valence-corrected chi connectivity index (χ3v) is 2.61. The largest absolute Gasteiger partial charge is 0.507 e. The Morgan fingerprint density at radius 1 is 1.31 bits per heavy atom. The molecule has 1 aromatic carbocycles. The summed E-state index contributed by atoms with van der Waals surface area (Å²) in [5.41, 5.74) is 0.835. The molecular weight excluding hydrogens is 208 g/mol. The Balaban J connectivity index is 2.96. The van der Waals surface area contributed by atoms with Crippen LogP contribution in [0.25, 0.3) is 11.0 Å². The van der Waals surface area contributed by atoms with Gasteiger partial charge >= 0.3 is 5.63 Å². The maximum absolute atomic E-state index is 11.4. The predicted octanol–water partition coefficient (Wildman–Crippen LogP) is 2.12. The highest BCUT2D eigenvalue weighted by Gasteiger charge is 2.13. The second-order valence-electron chi connectivity index (χ2n) is 3.68. The van der Waals surface area contributed by atoms with Crippen molar-refractivity contribution in [3.8, 4) is 11.5 Å². The summed E-state index contributed by atoms with van der Waals surface area (Å²) in [4.78, 5) is 11.4. The van der Waals surface area contributed by atoms with Crippen molar-refractivity contribution < 1.29 is 14.3 Å². The lowest BCUT2D eigenvalue weighted by molar-refractivity contribution is 0.413. The summed E-state index contributed by atoms with van der Waals surface area (Å²) in [7, 11) is 1.53. The highest BCUT2D eigenvalue weighted by atomic mass is 16.5. The molecule has 0 radical (unpaired) electrons. The van der Waals surface area contributed by atoms with Crippen molar-refractivity contribution in [2.24, 2.45) is 0 Å². The Morgan fingerprint density at radius 2 is 2.00 bits per heavy atom. The molecule has 0 aliphatic rings. The molecule has 0 saturated heterocycles. The molecular formula is C12H12O4. The Hall–Kier alpha value is -1.97. The monoisotopic (exact) mass is 220 g/mol. The molecule has 4 nitrogen and oxygen atoms in total. The van der Waals surface area contributed by atoms with E-state index in [2.05, 4.69) is 0 Å². The van der Waals surface area contributed by atoms with Gasteiger partial charge in [-0.2, -0.15) is 0 Å². The molecule has 2 rings (SSSR count). The average molecular weight is 220 g/mol. The van der Waals surface area contributed by atoms with Crippen LogP contribution in [-0.2, 0) is 0 Å². The van der Waals surface area contributed by atoms with E-state index in [1.165, 1.54) is 14.0 Å². The van der Waals surface area contributed by atoms with Crippen LogP contribution < -0.4 is 10.4 Å². The summed E-state index contributed by atoms with van der Waals surface area (Å²) in [5.74, 6) is 0.572. The first-order chi connectivity index (χ1) is 7.54. The van der Waals surface area contributed by atoms with Gasteiger partial charge in [0.15, 0.2) is 0 Å². The minimum absolute atomic E-state index is 0.0218. The standard InChI is InChI=1S/C12H12O4/c1-6-4-8(15-3)5-9-10(6)11(13)7(2)12(14)16-9/h4-5,13H,1-3H3. The fourth-order valence-corrected chi connectivity index (χ4v) is 1.69. The van der Waals surface area contributed by atoms with E-state index in [1.807, 2.05) is 6.92 Å². The summed E-state index contributed by atoms with van der Waals surface area (Å²) < 4.78 is 10.2. The minimum Gasteiger partial charge on any atom is -0.507 e. The van der Waals surface area contributed by atoms with E-state index < -0.39 is 5.63 Å². The summed E-state index contributed by atoms with van der Waals surface area (Å²) in [5, 5.41) is 10.4. The maximum atomic E-state index is 11.4. The van der Waals surface area contributed by atoms with Crippen molar-refractivity contribution in [2.75, 3.05) is 7.11 Å². The van der Waals surface area contributed by atoms with Gasteiger partial charge in [-0.1, -0.05) is 0 Å². The summed E-state index contributed by atoms with van der Waals surface area (Å²) in [6.07, 6.45) is 0. The minimum atomic E-state index is -0.530. The van der Waals surface area contributed by atoms with Crippen LogP contribution in [0.5, 0.6) is 11.5 Å². The lowest BCUT2D eigenvalue weighted by atomic mass is 10.1. The lowest BCUT2D eigenvalue weighted by Crippen LogP contribution is -2.03. The van der Waals surface area contributed by atoms with E-state index in [1.54, 1.807) is 12.1 Å². The quantitative estimate of drug-likeness (QED) is 0.748. The van der Waals surface area contributed by atoms with E-state index >= 15 is 0 Å². The van der Waals surface area contributed by atoms with Crippen LogP contribution in [0.2, 0.25) is 0 Å². The zero-order valence-electron chi connectivity index (χ0n) is 9.33. The maximum Gasteiger partial charge on any atom is 0.342 e. The molecule has 0 spiro atoms. The number of aromatic hydroxyl groups is 1. The number of benzene rings is 1. The first kappa shape index (κ1) is 10.5. The van der Waals surface area contributed by atoms with Gasteiger partial charge in [0.05, 0.1) is 18.1 Å². The number of methoxy groups -OCH3 is 1. The Kier molecular flexibility index (Phi) is 2.34. The van der Waals surface area contributed by atoms with Gasteiger partial charge in [-0.3, -0.25) is 0 Å². The molecule has 1 N–H and O–H groups in total. The van der Waals surface area contributed by atoms with Crippen LogP contribution >= 0.6 is 0 Å². The van der Waals surface area contributed by atoms with Crippen LogP contribution in [-0.4, -0.2) is 12.2 Å². The second-order valence-corrected chi connectivity index (χ2v) is 3.68. The number of hydrogen-bond acceptors (Lipinski definition) is 4. The van der Waals surface area contributed by atoms with E-state index in [0.29, 0.717) is 16.7 Å². The van der Waals surface area contributed by atoms with E-state index in [9.17, 15) is 9.90 Å². The van der Waals surface area contributed by atoms with Gasteiger partial charge in [-0.15, -0.1) is 0 Å². The predicted molar refractivity (Wildman–Crippen MR) is 60.2 cm³/mol. The Labute approximate surface area is 92.1 Å². The van der Waals surface area contributed by atoms with Gasteiger partial charge in [0.2, 0.25) is 0 Å². The summed E-state index contributed by atoms with van der Waals surface area (Å²) >= 11 is 0. The van der Waals surface area contributed by atoms with Crippen molar-refractivity contribution in [1.29, 1.82) is 0 Å². The van der Waals surface area contributed by atoms with E-state index in [-0.39, 0.29) is 11.3 Å². The molecule has 0 atom stereocenters. The van der Waals surface area contributed by atoms with Crippen molar-refractivity contribution in [1.82, 2.24) is 0 Å². The first-order valence-corrected chi connectivity index (χ1v) is 4.85. The van der Waals surface area contributed by atoms with Crippen molar-refractivity contribution in [3.05, 3.63) is 33.7 Å². The SMILES string of the molecule is COc1cc(C)c2c(O)c(C)c(=O)oc2c1. The smallest absolute Gasteiger partial charge is 0.342 e. The van der Waals surface area contributed by atoms with E-state index in [0.717, 1.165) is 5.56 Å². The highest BCUT2D eigenvalue weighted by Crippen LogP contribution is 2.31. The highest BCUT2D eigenvalue weighted by molar-refractivity contribution is 5.88. The fourth-order valence-electron chi connectivity index (χ4n) is 1.69. The molecule has 1 aromatic heterocycles. The van der Waals surface area contributed by atoms with Crippen LogP contribution in [0.4, 0.5) is 0 Å². The summed E-state index contributed by atoms with van der Waals surface area (Å²) in [6.45, 7) is 3.36. The van der Waals surface area contributed by atoms with Gasteiger partial charge in [-0.25, -0.2) is 4.79 Å². The number of ether oxygens (including phenoxy) is 1. The topological polar surface area (TPSA) is 59.7 Å². The lowest BCUT2D eigenvalue weighted by Gasteiger charge is -2.07. The molecule has 4 heteroatoms. The van der Waals surface area contributed by atoms with Gasteiger partial charge in [0, 0.05) is 6.07 Å². The molecule has 0 aliphatic heterocycles. The molecule has 0 amide bonds. The zero-order chi connectivity index (χ0) is 11.9. The van der Waals surface area contributed by atoms with Crippen LogP contribution in [0, 0.1) is 13.8 Å². The number of rotatable bonds is 1. The number of fused-ring (bicyclic) bond motifs is 1. The molecule has 0 fully saturated rings. The number of aryl methyl sites for hydroxylation is 1. The van der Waals surface area contributed by atoms with Crippen molar-refractivity contribution in [2.45, 2.75) is 13.8 Å². The average Bonchev–Trinajstić information content (AvgIpc) is 2.25. The number of hydrogen-bond donors (Lipinski definition) is 1. The molecule has 1 heterocycles. The first-order valence-electron chi connectivity index (χ1n) is 4.85. The fraction of sp³-hybridized carbons (Fsp3) is 0.250. The molecule has 0 saturated carbocycles. The molecule has 2 aromatic rings. The van der Waals surface area contributed by atoms with Crippen LogP contribution in [0.3, 0.4) is 0 Å². The normalized spacial score (nSPS) is 10.7. The molecule has 0 bridgehead atoms. The Bertz CT molecular complexity index is 610. The third kappa shape index (κ3) is 1.43. The molecule has 0 aliphatic carbocycles. The third-order valence-electron chi connectivity index (χ3n) is 2.61. The zero-order valence-corrected chi connectivity index (χ0v) is 9.33. The van der Waals surface area contributed by atoms with E-state index in [4.69, 9.17) is 9.15 Å².